The maximum Gasteiger partial charge on any atom is 0.311 e. The first-order chi connectivity index (χ1) is 8.48. The molecule has 1 heterocycles. The topological polar surface area (TPSA) is 97.4 Å². The fourth-order valence-corrected chi connectivity index (χ4v) is 3.30. The summed E-state index contributed by atoms with van der Waals surface area (Å²) in [6.07, 6.45) is 1.77. The normalized spacial score (nSPS) is 15.4. The summed E-state index contributed by atoms with van der Waals surface area (Å²) < 4.78 is 32.5. The number of carbonyl (C=O) groups is 1. The second-order valence-corrected chi connectivity index (χ2v) is 6.20. The second kappa shape index (κ2) is 5.21. The number of thiazole rings is 1. The molecule has 1 saturated carbocycles. The van der Waals surface area contributed by atoms with Crippen molar-refractivity contribution in [3.63, 3.8) is 0 Å². The van der Waals surface area contributed by atoms with Crippen molar-refractivity contribution in [2.75, 3.05) is 11.8 Å². The average molecular weight is 291 g/mol. The number of carbonyl (C=O) groups excluding carboxylic acids is 1. The minimum Gasteiger partial charge on any atom is -0.469 e. The molecule has 1 fully saturated rings. The smallest absolute Gasteiger partial charge is 0.311 e. The molecule has 1 aliphatic rings. The van der Waals surface area contributed by atoms with E-state index in [0.717, 1.165) is 24.2 Å². The molecule has 2 rings (SSSR count). The number of hydrogen-bond acceptors (Lipinski definition) is 6. The van der Waals surface area contributed by atoms with Gasteiger partial charge in [-0.15, -0.1) is 11.3 Å². The van der Waals surface area contributed by atoms with Crippen LogP contribution in [0, 0.1) is 0 Å². The van der Waals surface area contributed by atoms with Crippen molar-refractivity contribution in [1.82, 2.24) is 9.71 Å². The van der Waals surface area contributed by atoms with Gasteiger partial charge in [0.25, 0.3) is 0 Å². The minimum atomic E-state index is -3.56. The van der Waals surface area contributed by atoms with E-state index in [1.54, 1.807) is 5.38 Å². The van der Waals surface area contributed by atoms with Gasteiger partial charge in [-0.05, 0) is 12.8 Å². The Morgan fingerprint density at radius 2 is 2.33 bits per heavy atom. The van der Waals surface area contributed by atoms with Gasteiger partial charge in [0.05, 0.1) is 19.2 Å². The van der Waals surface area contributed by atoms with Gasteiger partial charge in [0.15, 0.2) is 5.13 Å². The van der Waals surface area contributed by atoms with Gasteiger partial charge in [-0.25, -0.2) is 9.71 Å². The summed E-state index contributed by atoms with van der Waals surface area (Å²) >= 11 is 1.13. The number of nitrogens with one attached hydrogen (secondary N) is 2. The van der Waals surface area contributed by atoms with Crippen LogP contribution in [-0.4, -0.2) is 32.5 Å². The fourth-order valence-electron chi connectivity index (χ4n) is 1.22. The molecule has 0 aromatic carbocycles. The zero-order valence-electron chi connectivity index (χ0n) is 9.67. The highest BCUT2D eigenvalue weighted by molar-refractivity contribution is 7.91. The average Bonchev–Trinajstić information content (AvgIpc) is 2.98. The zero-order chi connectivity index (χ0) is 13.2. The molecule has 0 atom stereocenters. The van der Waals surface area contributed by atoms with E-state index in [0.29, 0.717) is 5.69 Å². The first-order valence-corrected chi connectivity index (χ1v) is 7.66. The van der Waals surface area contributed by atoms with E-state index in [9.17, 15) is 13.2 Å². The summed E-state index contributed by atoms with van der Waals surface area (Å²) in [7, 11) is -2.27. The summed E-state index contributed by atoms with van der Waals surface area (Å²) in [5, 5.41) is 1.85. The highest BCUT2D eigenvalue weighted by atomic mass is 32.2. The molecule has 100 valence electrons. The van der Waals surface area contributed by atoms with E-state index in [1.165, 1.54) is 7.11 Å². The lowest BCUT2D eigenvalue weighted by molar-refractivity contribution is -0.139. The number of nitrogens with zero attached hydrogens (tertiary/aromatic N) is 1. The molecule has 18 heavy (non-hydrogen) atoms. The Hall–Kier alpha value is -1.19. The van der Waals surface area contributed by atoms with E-state index < -0.39 is 16.2 Å². The Bertz CT molecular complexity index is 536. The number of rotatable bonds is 6. The lowest BCUT2D eigenvalue weighted by atomic mass is 10.3. The second-order valence-electron chi connectivity index (χ2n) is 3.89. The monoisotopic (exact) mass is 291 g/mol. The van der Waals surface area contributed by atoms with Crippen molar-refractivity contribution in [1.29, 1.82) is 0 Å². The molecule has 0 amide bonds. The first-order valence-electron chi connectivity index (χ1n) is 5.30. The SMILES string of the molecule is COC(=O)Cc1csc(NS(=O)(=O)NC2CC2)n1. The molecule has 0 spiro atoms. The van der Waals surface area contributed by atoms with Gasteiger partial charge < -0.3 is 4.74 Å². The molecule has 0 radical (unpaired) electrons. The summed E-state index contributed by atoms with van der Waals surface area (Å²) in [6.45, 7) is 0. The number of esters is 1. The molecule has 9 heteroatoms. The van der Waals surface area contributed by atoms with Crippen LogP contribution in [0.4, 0.5) is 5.13 Å². The standard InChI is InChI=1S/C9H13N3O4S2/c1-16-8(13)4-7-5-17-9(10-7)12-18(14,15)11-6-2-3-6/h5-6,11H,2-4H2,1H3,(H,10,12). The highest BCUT2D eigenvalue weighted by Gasteiger charge is 2.27. The molecule has 1 aliphatic carbocycles. The number of methoxy groups -OCH3 is 1. The number of aromatic nitrogens is 1. The lowest BCUT2D eigenvalue weighted by Gasteiger charge is -2.04. The molecule has 0 saturated heterocycles. The molecule has 0 bridgehead atoms. The highest BCUT2D eigenvalue weighted by Crippen LogP contribution is 2.21. The maximum absolute atomic E-state index is 11.6. The predicted octanol–water partition coefficient (Wildman–Crippen LogP) is 0.267. The summed E-state index contributed by atoms with van der Waals surface area (Å²) in [5.41, 5.74) is 0.482. The van der Waals surface area contributed by atoms with Crippen LogP contribution in [0.15, 0.2) is 5.38 Å². The van der Waals surface area contributed by atoms with Gasteiger partial charge in [0.1, 0.15) is 0 Å². The van der Waals surface area contributed by atoms with Gasteiger partial charge in [-0.2, -0.15) is 13.1 Å². The lowest BCUT2D eigenvalue weighted by Crippen LogP contribution is -2.31. The van der Waals surface area contributed by atoms with Crippen LogP contribution in [0.5, 0.6) is 0 Å². The molecule has 7 nitrogen and oxygen atoms in total. The van der Waals surface area contributed by atoms with E-state index in [1.807, 2.05) is 0 Å². The summed E-state index contributed by atoms with van der Waals surface area (Å²) in [5.74, 6) is -0.411. The van der Waals surface area contributed by atoms with Gasteiger partial charge >= 0.3 is 16.2 Å². The van der Waals surface area contributed by atoms with Crippen molar-refractivity contribution in [2.24, 2.45) is 0 Å². The van der Waals surface area contributed by atoms with Crippen LogP contribution in [0.1, 0.15) is 18.5 Å². The van der Waals surface area contributed by atoms with E-state index in [-0.39, 0.29) is 17.6 Å². The van der Waals surface area contributed by atoms with Crippen molar-refractivity contribution < 1.29 is 17.9 Å². The summed E-state index contributed by atoms with van der Waals surface area (Å²) in [6, 6.07) is 0.0389. The Morgan fingerprint density at radius 3 is 2.94 bits per heavy atom. The van der Waals surface area contributed by atoms with Crippen molar-refractivity contribution >= 4 is 32.6 Å². The van der Waals surface area contributed by atoms with Crippen LogP contribution in [0.3, 0.4) is 0 Å². The Balaban J connectivity index is 1.95. The molecule has 1 aromatic heterocycles. The molecule has 0 aliphatic heterocycles. The number of hydrogen-bond donors (Lipinski definition) is 2. The fraction of sp³-hybridized carbons (Fsp3) is 0.556. The third kappa shape index (κ3) is 3.93. The van der Waals surface area contributed by atoms with Crippen molar-refractivity contribution in [2.45, 2.75) is 25.3 Å². The van der Waals surface area contributed by atoms with Crippen molar-refractivity contribution in [3.05, 3.63) is 11.1 Å². The number of anilines is 1. The molecular formula is C9H13N3O4S2. The van der Waals surface area contributed by atoms with Crippen LogP contribution in [0.25, 0.3) is 0 Å². The maximum atomic E-state index is 11.6. The minimum absolute atomic E-state index is 0.0325. The van der Waals surface area contributed by atoms with Crippen LogP contribution in [-0.2, 0) is 26.2 Å². The molecule has 0 unspecified atom stereocenters. The van der Waals surface area contributed by atoms with Crippen LogP contribution >= 0.6 is 11.3 Å². The first kappa shape index (κ1) is 13.2. The predicted molar refractivity (Wildman–Crippen MR) is 66.5 cm³/mol. The Labute approximate surface area is 109 Å². The number of ether oxygens (including phenoxy) is 1. The quantitative estimate of drug-likeness (QED) is 0.733. The van der Waals surface area contributed by atoms with Gasteiger partial charge in [0.2, 0.25) is 0 Å². The molecule has 1 aromatic rings. The molecule has 2 N–H and O–H groups in total. The Morgan fingerprint density at radius 1 is 1.61 bits per heavy atom. The van der Waals surface area contributed by atoms with E-state index in [2.05, 4.69) is 19.2 Å². The van der Waals surface area contributed by atoms with Gasteiger partial charge in [0, 0.05) is 11.4 Å². The largest absolute Gasteiger partial charge is 0.469 e. The van der Waals surface area contributed by atoms with Crippen molar-refractivity contribution in [3.8, 4) is 0 Å². The third-order valence-corrected chi connectivity index (χ3v) is 4.27. The molecular weight excluding hydrogens is 278 g/mol. The third-order valence-electron chi connectivity index (χ3n) is 2.23. The van der Waals surface area contributed by atoms with Crippen LogP contribution < -0.4 is 9.44 Å². The zero-order valence-corrected chi connectivity index (χ0v) is 11.3. The van der Waals surface area contributed by atoms with E-state index >= 15 is 0 Å². The van der Waals surface area contributed by atoms with Gasteiger partial charge in [-0.3, -0.25) is 4.79 Å². The van der Waals surface area contributed by atoms with Gasteiger partial charge in [-0.1, -0.05) is 0 Å². The Kier molecular flexibility index (Phi) is 3.83. The van der Waals surface area contributed by atoms with E-state index in [4.69, 9.17) is 0 Å². The van der Waals surface area contributed by atoms with Crippen LogP contribution in [0.2, 0.25) is 0 Å². The summed E-state index contributed by atoms with van der Waals surface area (Å²) in [4.78, 5) is 15.0.